The number of piperidine rings is 1. The van der Waals surface area contributed by atoms with E-state index >= 15 is 0 Å². The molecule has 1 fully saturated rings. The van der Waals surface area contributed by atoms with Gasteiger partial charge in [0.2, 0.25) is 0 Å². The van der Waals surface area contributed by atoms with Crippen molar-refractivity contribution in [2.24, 2.45) is 5.11 Å². The Kier molecular flexibility index (Phi) is 7.70. The van der Waals surface area contributed by atoms with Crippen LogP contribution in [0.3, 0.4) is 0 Å². The van der Waals surface area contributed by atoms with E-state index in [2.05, 4.69) is 19.7 Å². The number of ether oxygens (including phenoxy) is 1. The van der Waals surface area contributed by atoms with Gasteiger partial charge < -0.3 is 10.3 Å². The summed E-state index contributed by atoms with van der Waals surface area (Å²) < 4.78 is 4.78. The van der Waals surface area contributed by atoms with Gasteiger partial charge in [-0.1, -0.05) is 41.9 Å². The molecule has 27 heavy (non-hydrogen) atoms. The van der Waals surface area contributed by atoms with Crippen LogP contribution in [0.4, 0.5) is 0 Å². The summed E-state index contributed by atoms with van der Waals surface area (Å²) >= 11 is 0. The van der Waals surface area contributed by atoms with E-state index in [4.69, 9.17) is 10.3 Å². The summed E-state index contributed by atoms with van der Waals surface area (Å²) in [6, 6.07) is 7.36. The maximum Gasteiger partial charge on any atom is 0.441 e. The Labute approximate surface area is 157 Å². The summed E-state index contributed by atoms with van der Waals surface area (Å²) in [4.78, 5) is 32.6. The molecular formula is C18H22N6O3. The van der Waals surface area contributed by atoms with Crippen molar-refractivity contribution < 1.29 is 19.1 Å². The number of carbonyl (C=O) groups is 2. The normalized spacial score (nSPS) is 16.3. The fraction of sp³-hybridized carbons (Fsp3) is 0.500. The van der Waals surface area contributed by atoms with E-state index in [9.17, 15) is 15.1 Å². The maximum atomic E-state index is 13.0. The first-order valence-corrected chi connectivity index (χ1v) is 8.90. The Balaban J connectivity index is 2.47. The predicted molar refractivity (Wildman–Crippen MR) is 97.8 cm³/mol. The molecule has 2 atom stereocenters. The summed E-state index contributed by atoms with van der Waals surface area (Å²) in [6.07, 6.45) is 3.00. The highest BCUT2D eigenvalue weighted by Crippen LogP contribution is 2.30. The SMILES string of the molecule is CCOC(=O)C(=[N+]=[N-])C(=O)C(N=[N+]=[N-])C(c1ccccc1)N1CCCCC1. The van der Waals surface area contributed by atoms with Gasteiger partial charge in [-0.2, -0.15) is 4.79 Å². The van der Waals surface area contributed by atoms with Gasteiger partial charge in [0.1, 0.15) is 6.04 Å². The topological polar surface area (TPSA) is 132 Å². The molecule has 2 rings (SSSR count). The van der Waals surface area contributed by atoms with Gasteiger partial charge in [0.05, 0.1) is 12.6 Å². The molecule has 9 heteroatoms. The van der Waals surface area contributed by atoms with Crippen LogP contribution < -0.4 is 0 Å². The summed E-state index contributed by atoms with van der Waals surface area (Å²) in [5.74, 6) is -1.92. The van der Waals surface area contributed by atoms with E-state index < -0.39 is 29.5 Å². The van der Waals surface area contributed by atoms with Crippen molar-refractivity contribution in [2.75, 3.05) is 19.7 Å². The Bertz CT molecular complexity index is 763. The number of ketones is 1. The third-order valence-corrected chi connectivity index (χ3v) is 4.47. The number of azide groups is 1. The van der Waals surface area contributed by atoms with Crippen LogP contribution in [0.2, 0.25) is 0 Å². The molecule has 0 aromatic heterocycles. The van der Waals surface area contributed by atoms with Crippen LogP contribution in [-0.4, -0.2) is 52.9 Å². The second-order valence-electron chi connectivity index (χ2n) is 6.14. The van der Waals surface area contributed by atoms with Gasteiger partial charge in [0.15, 0.2) is 0 Å². The zero-order chi connectivity index (χ0) is 19.6. The number of rotatable bonds is 8. The number of carbonyl (C=O) groups excluding carboxylic acids is 2. The van der Waals surface area contributed by atoms with Gasteiger partial charge in [-0.25, -0.2) is 4.79 Å². The van der Waals surface area contributed by atoms with Gasteiger partial charge in [0.25, 0.3) is 5.78 Å². The Hall–Kier alpha value is -2.99. The standard InChI is InChI=1S/C18H22N6O3/c1-2-27-18(26)15(21-19)17(25)14(22-23-20)16(13-9-5-3-6-10-13)24-11-7-4-8-12-24/h3,5-6,9-10,14,16H,2,4,7-8,11-12H2,1H3. The number of hydrogen-bond donors (Lipinski definition) is 0. The van der Waals surface area contributed by atoms with Gasteiger partial charge in [-0.15, -0.1) is 0 Å². The van der Waals surface area contributed by atoms with Crippen LogP contribution in [-0.2, 0) is 14.3 Å². The molecule has 0 bridgehead atoms. The smallest absolute Gasteiger partial charge is 0.441 e. The number of likely N-dealkylation sites (tertiary alicyclic amines) is 1. The van der Waals surface area contributed by atoms with Crippen LogP contribution in [0.25, 0.3) is 16.0 Å². The lowest BCUT2D eigenvalue weighted by Crippen LogP contribution is -2.45. The third kappa shape index (κ3) is 5.01. The van der Waals surface area contributed by atoms with E-state index in [1.165, 1.54) is 0 Å². The van der Waals surface area contributed by atoms with E-state index in [1.54, 1.807) is 6.92 Å². The molecule has 1 aliphatic rings. The molecule has 1 aliphatic heterocycles. The number of benzene rings is 1. The van der Waals surface area contributed by atoms with E-state index in [0.29, 0.717) is 0 Å². The van der Waals surface area contributed by atoms with Gasteiger partial charge in [-0.05, 0) is 43.9 Å². The molecule has 0 amide bonds. The van der Waals surface area contributed by atoms with Crippen molar-refractivity contribution >= 4 is 17.5 Å². The fourth-order valence-electron chi connectivity index (χ4n) is 3.28. The molecule has 0 saturated carbocycles. The number of hydrogen-bond acceptors (Lipinski definition) is 5. The molecule has 1 aromatic carbocycles. The summed E-state index contributed by atoms with van der Waals surface area (Å²) in [5, 5.41) is 3.68. The largest absolute Gasteiger partial charge is 0.457 e. The zero-order valence-corrected chi connectivity index (χ0v) is 15.2. The van der Waals surface area contributed by atoms with Crippen LogP contribution in [0.15, 0.2) is 35.4 Å². The van der Waals surface area contributed by atoms with Crippen molar-refractivity contribution in [1.29, 1.82) is 0 Å². The second kappa shape index (κ2) is 10.2. The molecule has 1 aromatic rings. The van der Waals surface area contributed by atoms with Gasteiger partial charge in [-0.3, -0.25) is 9.69 Å². The molecule has 0 radical (unpaired) electrons. The molecule has 1 saturated heterocycles. The lowest BCUT2D eigenvalue weighted by atomic mass is 9.91. The average Bonchev–Trinajstić information content (AvgIpc) is 2.70. The Morgan fingerprint density at radius 2 is 1.85 bits per heavy atom. The van der Waals surface area contributed by atoms with Crippen molar-refractivity contribution in [3.63, 3.8) is 0 Å². The monoisotopic (exact) mass is 370 g/mol. The minimum atomic E-state index is -1.26. The van der Waals surface area contributed by atoms with Crippen molar-refractivity contribution in [3.05, 3.63) is 51.9 Å². The highest BCUT2D eigenvalue weighted by molar-refractivity contribution is 6.63. The highest BCUT2D eigenvalue weighted by Gasteiger charge is 2.43. The molecule has 142 valence electrons. The first kappa shape index (κ1) is 20.3. The molecule has 9 nitrogen and oxygen atoms in total. The van der Waals surface area contributed by atoms with Crippen LogP contribution in [0, 0.1) is 0 Å². The minimum absolute atomic E-state index is 0.0194. The first-order chi connectivity index (χ1) is 13.1. The van der Waals surface area contributed by atoms with Crippen molar-refractivity contribution in [2.45, 2.75) is 38.3 Å². The lowest BCUT2D eigenvalue weighted by molar-refractivity contribution is -0.142. The van der Waals surface area contributed by atoms with Gasteiger partial charge >= 0.3 is 11.7 Å². The van der Waals surface area contributed by atoms with Crippen molar-refractivity contribution in [3.8, 4) is 0 Å². The molecule has 0 spiro atoms. The summed E-state index contributed by atoms with van der Waals surface area (Å²) in [6.45, 7) is 3.05. The zero-order valence-electron chi connectivity index (χ0n) is 15.2. The van der Waals surface area contributed by atoms with E-state index in [1.807, 2.05) is 30.3 Å². The van der Waals surface area contributed by atoms with Gasteiger partial charge in [0, 0.05) is 4.91 Å². The summed E-state index contributed by atoms with van der Waals surface area (Å²) in [5.41, 5.74) is 18.2. The van der Waals surface area contributed by atoms with E-state index in [0.717, 1.165) is 37.9 Å². The fourth-order valence-corrected chi connectivity index (χ4v) is 3.28. The van der Waals surface area contributed by atoms with Crippen molar-refractivity contribution in [1.82, 2.24) is 4.90 Å². The molecule has 2 unspecified atom stereocenters. The van der Waals surface area contributed by atoms with Crippen LogP contribution >= 0.6 is 0 Å². The minimum Gasteiger partial charge on any atom is -0.457 e. The van der Waals surface area contributed by atoms with Crippen LogP contribution in [0.1, 0.15) is 37.8 Å². The lowest BCUT2D eigenvalue weighted by Gasteiger charge is -2.37. The number of Topliss-reactive ketones (excluding diaryl/α,β-unsaturated/α-hetero) is 1. The Morgan fingerprint density at radius 1 is 1.19 bits per heavy atom. The molecule has 0 N–H and O–H groups in total. The molecule has 0 aliphatic carbocycles. The molecule has 1 heterocycles. The first-order valence-electron chi connectivity index (χ1n) is 8.90. The maximum absolute atomic E-state index is 13.0. The average molecular weight is 370 g/mol. The summed E-state index contributed by atoms with van der Waals surface area (Å²) in [7, 11) is 0. The second-order valence-corrected chi connectivity index (χ2v) is 6.14. The highest BCUT2D eigenvalue weighted by atomic mass is 16.5. The van der Waals surface area contributed by atoms with E-state index in [-0.39, 0.29) is 6.61 Å². The predicted octanol–water partition coefficient (Wildman–Crippen LogP) is 2.70. The quantitative estimate of drug-likeness (QED) is 0.174. The molecular weight excluding hydrogens is 348 g/mol. The number of nitrogens with zero attached hydrogens (tertiary/aromatic N) is 6. The Morgan fingerprint density at radius 3 is 2.41 bits per heavy atom. The number of esters is 1. The third-order valence-electron chi connectivity index (χ3n) is 4.47. The van der Waals surface area contributed by atoms with Crippen LogP contribution in [0.5, 0.6) is 0 Å².